The number of nitrogen functional groups attached to an aromatic ring is 1. The molecule has 0 saturated carbocycles. The van der Waals surface area contributed by atoms with E-state index in [0.29, 0.717) is 16.8 Å². The Labute approximate surface area is 116 Å². The highest BCUT2D eigenvalue weighted by molar-refractivity contribution is 6.30. The molecule has 1 aromatic heterocycles. The molecule has 0 bridgehead atoms. The number of nitrogens with two attached hydrogens (primary N) is 1. The van der Waals surface area contributed by atoms with Gasteiger partial charge in [0.05, 0.1) is 6.04 Å². The van der Waals surface area contributed by atoms with Crippen LogP contribution in [0.1, 0.15) is 24.4 Å². The lowest BCUT2D eigenvalue weighted by Gasteiger charge is -2.14. The molecule has 2 aromatic rings. The summed E-state index contributed by atoms with van der Waals surface area (Å²) in [5.41, 5.74) is 6.67. The lowest BCUT2D eigenvalue weighted by atomic mass is 10.1. The minimum absolute atomic E-state index is 0.0248. The summed E-state index contributed by atoms with van der Waals surface area (Å²) in [5.74, 6) is 1.03. The summed E-state index contributed by atoms with van der Waals surface area (Å²) in [6.07, 6.45) is 1.52. The van der Waals surface area contributed by atoms with Crippen molar-refractivity contribution in [2.45, 2.75) is 13.0 Å². The van der Waals surface area contributed by atoms with Crippen LogP contribution in [0.2, 0.25) is 5.02 Å². The molecule has 3 N–H and O–H groups in total. The van der Waals surface area contributed by atoms with E-state index in [2.05, 4.69) is 26.8 Å². The standard InChI is InChI=1S/C13H14ClN5/c1-3-11-17-12(15)19-13(18-11)16-8(2)9-4-6-10(14)7-5-9/h3-8H,1H2,2H3,(H3,15,16,17,18,19). The number of halogens is 1. The Morgan fingerprint density at radius 3 is 2.58 bits per heavy atom. The third-order valence-corrected chi connectivity index (χ3v) is 2.82. The summed E-state index contributed by atoms with van der Waals surface area (Å²) >= 11 is 5.86. The summed E-state index contributed by atoms with van der Waals surface area (Å²) in [5, 5.41) is 3.86. The van der Waals surface area contributed by atoms with E-state index in [9.17, 15) is 0 Å². The Morgan fingerprint density at radius 1 is 1.26 bits per heavy atom. The van der Waals surface area contributed by atoms with Crippen molar-refractivity contribution in [3.05, 3.63) is 47.3 Å². The van der Waals surface area contributed by atoms with E-state index in [1.165, 1.54) is 6.08 Å². The van der Waals surface area contributed by atoms with Crippen molar-refractivity contribution in [1.82, 2.24) is 15.0 Å². The Balaban J connectivity index is 2.18. The van der Waals surface area contributed by atoms with E-state index in [4.69, 9.17) is 17.3 Å². The predicted octanol–water partition coefficient (Wildman–Crippen LogP) is 2.92. The zero-order valence-corrected chi connectivity index (χ0v) is 11.2. The van der Waals surface area contributed by atoms with Crippen molar-refractivity contribution in [2.75, 3.05) is 11.1 Å². The Kier molecular flexibility index (Phi) is 3.97. The van der Waals surface area contributed by atoms with E-state index in [1.807, 2.05) is 31.2 Å². The molecule has 2 rings (SSSR count). The molecule has 1 atom stereocenters. The molecule has 0 aliphatic rings. The molecule has 0 radical (unpaired) electrons. The summed E-state index contributed by atoms with van der Waals surface area (Å²) in [4.78, 5) is 12.1. The molecule has 0 aliphatic heterocycles. The summed E-state index contributed by atoms with van der Waals surface area (Å²) in [6, 6.07) is 7.59. The Morgan fingerprint density at radius 2 is 1.95 bits per heavy atom. The molecule has 0 saturated heterocycles. The van der Waals surface area contributed by atoms with Gasteiger partial charge in [-0.05, 0) is 30.7 Å². The van der Waals surface area contributed by atoms with E-state index >= 15 is 0 Å². The summed E-state index contributed by atoms with van der Waals surface area (Å²) < 4.78 is 0. The summed E-state index contributed by atoms with van der Waals surface area (Å²) in [7, 11) is 0. The number of benzene rings is 1. The molecule has 0 spiro atoms. The maximum absolute atomic E-state index is 5.86. The molecular formula is C13H14ClN5. The van der Waals surface area contributed by atoms with Crippen LogP contribution in [-0.2, 0) is 0 Å². The van der Waals surface area contributed by atoms with Gasteiger partial charge in [-0.15, -0.1) is 0 Å². The number of hydrogen-bond donors (Lipinski definition) is 2. The smallest absolute Gasteiger partial charge is 0.228 e. The van der Waals surface area contributed by atoms with Crippen LogP contribution >= 0.6 is 11.6 Å². The number of rotatable bonds is 4. The zero-order chi connectivity index (χ0) is 13.8. The fourth-order valence-electron chi connectivity index (χ4n) is 1.59. The number of anilines is 2. The Bertz CT molecular complexity index is 582. The van der Waals surface area contributed by atoms with Crippen LogP contribution < -0.4 is 11.1 Å². The van der Waals surface area contributed by atoms with Crippen LogP contribution in [0.4, 0.5) is 11.9 Å². The molecule has 19 heavy (non-hydrogen) atoms. The lowest BCUT2D eigenvalue weighted by molar-refractivity contribution is 0.853. The van der Waals surface area contributed by atoms with Gasteiger partial charge in [0.1, 0.15) is 0 Å². The average Bonchev–Trinajstić information content (AvgIpc) is 2.38. The van der Waals surface area contributed by atoms with Gasteiger partial charge in [0.2, 0.25) is 11.9 Å². The van der Waals surface area contributed by atoms with Gasteiger partial charge in [0.15, 0.2) is 5.82 Å². The first-order chi connectivity index (χ1) is 9.08. The van der Waals surface area contributed by atoms with Crippen molar-refractivity contribution in [3.8, 4) is 0 Å². The fourth-order valence-corrected chi connectivity index (χ4v) is 1.72. The number of nitrogens with one attached hydrogen (secondary N) is 1. The van der Waals surface area contributed by atoms with Gasteiger partial charge in [-0.1, -0.05) is 30.3 Å². The normalized spacial score (nSPS) is 11.9. The van der Waals surface area contributed by atoms with E-state index in [-0.39, 0.29) is 12.0 Å². The summed E-state index contributed by atoms with van der Waals surface area (Å²) in [6.45, 7) is 5.61. The van der Waals surface area contributed by atoms with Gasteiger partial charge in [-0.2, -0.15) is 15.0 Å². The predicted molar refractivity (Wildman–Crippen MR) is 77.8 cm³/mol. The second-order valence-corrected chi connectivity index (χ2v) is 4.43. The molecule has 0 fully saturated rings. The van der Waals surface area contributed by atoms with Crippen LogP contribution in [0.25, 0.3) is 6.08 Å². The number of nitrogens with zero attached hydrogens (tertiary/aromatic N) is 3. The number of aromatic nitrogens is 3. The molecule has 6 heteroatoms. The molecule has 1 unspecified atom stereocenters. The van der Waals surface area contributed by atoms with Gasteiger partial charge < -0.3 is 11.1 Å². The van der Waals surface area contributed by atoms with Crippen LogP contribution in [0, 0.1) is 0 Å². The third kappa shape index (κ3) is 3.42. The van der Waals surface area contributed by atoms with Crippen molar-refractivity contribution < 1.29 is 0 Å². The van der Waals surface area contributed by atoms with Gasteiger partial charge in [0.25, 0.3) is 0 Å². The Hall–Kier alpha value is -2.14. The van der Waals surface area contributed by atoms with Crippen LogP contribution in [-0.4, -0.2) is 15.0 Å². The monoisotopic (exact) mass is 275 g/mol. The first kappa shape index (κ1) is 13.3. The molecule has 1 heterocycles. The van der Waals surface area contributed by atoms with Crippen molar-refractivity contribution in [3.63, 3.8) is 0 Å². The molecular weight excluding hydrogens is 262 g/mol. The average molecular weight is 276 g/mol. The maximum Gasteiger partial charge on any atom is 0.228 e. The second-order valence-electron chi connectivity index (χ2n) is 4.00. The number of hydrogen-bond acceptors (Lipinski definition) is 5. The zero-order valence-electron chi connectivity index (χ0n) is 10.5. The first-order valence-corrected chi connectivity index (χ1v) is 6.12. The molecule has 1 aromatic carbocycles. The molecule has 0 amide bonds. The largest absolute Gasteiger partial charge is 0.368 e. The maximum atomic E-state index is 5.86. The SMILES string of the molecule is C=Cc1nc(N)nc(NC(C)c2ccc(Cl)cc2)n1. The van der Waals surface area contributed by atoms with Gasteiger partial charge in [0, 0.05) is 5.02 Å². The van der Waals surface area contributed by atoms with Gasteiger partial charge >= 0.3 is 0 Å². The highest BCUT2D eigenvalue weighted by Crippen LogP contribution is 2.19. The lowest BCUT2D eigenvalue weighted by Crippen LogP contribution is -2.12. The minimum atomic E-state index is 0.0248. The molecule has 0 aliphatic carbocycles. The van der Waals surface area contributed by atoms with Crippen LogP contribution in [0.3, 0.4) is 0 Å². The van der Waals surface area contributed by atoms with Crippen molar-refractivity contribution in [2.24, 2.45) is 0 Å². The third-order valence-electron chi connectivity index (χ3n) is 2.57. The van der Waals surface area contributed by atoms with Crippen molar-refractivity contribution >= 4 is 29.6 Å². The highest BCUT2D eigenvalue weighted by Gasteiger charge is 2.08. The van der Waals surface area contributed by atoms with E-state index < -0.39 is 0 Å². The van der Waals surface area contributed by atoms with E-state index in [1.54, 1.807) is 0 Å². The fraction of sp³-hybridized carbons (Fsp3) is 0.154. The molecule has 98 valence electrons. The van der Waals surface area contributed by atoms with Crippen LogP contribution in [0.15, 0.2) is 30.8 Å². The van der Waals surface area contributed by atoms with Gasteiger partial charge in [-0.3, -0.25) is 0 Å². The van der Waals surface area contributed by atoms with Crippen molar-refractivity contribution in [1.29, 1.82) is 0 Å². The van der Waals surface area contributed by atoms with Gasteiger partial charge in [-0.25, -0.2) is 0 Å². The van der Waals surface area contributed by atoms with Crippen LogP contribution in [0.5, 0.6) is 0 Å². The van der Waals surface area contributed by atoms with E-state index in [0.717, 1.165) is 5.56 Å². The molecule has 5 nitrogen and oxygen atoms in total. The second kappa shape index (κ2) is 5.67. The minimum Gasteiger partial charge on any atom is -0.368 e. The first-order valence-electron chi connectivity index (χ1n) is 5.74. The topological polar surface area (TPSA) is 76.7 Å². The highest BCUT2D eigenvalue weighted by atomic mass is 35.5. The quantitative estimate of drug-likeness (QED) is 0.897.